The quantitative estimate of drug-likeness (QED) is 0.811. The second kappa shape index (κ2) is 4.31. The number of imidazole rings is 1. The molecule has 0 aliphatic carbocycles. The van der Waals surface area contributed by atoms with Gasteiger partial charge in [-0.1, -0.05) is 25.4 Å². The van der Waals surface area contributed by atoms with Crippen molar-refractivity contribution >= 4 is 28.7 Å². The van der Waals surface area contributed by atoms with Crippen molar-refractivity contribution in [1.29, 1.82) is 0 Å². The Labute approximate surface area is 115 Å². The minimum absolute atomic E-state index is 0.0969. The molecule has 0 spiro atoms. The van der Waals surface area contributed by atoms with E-state index in [9.17, 15) is 0 Å². The minimum Gasteiger partial charge on any atom is -0.368 e. The first-order valence-electron chi connectivity index (χ1n) is 6.30. The Morgan fingerprint density at radius 1 is 1.26 bits per heavy atom. The molecule has 2 N–H and O–H groups in total. The Balaban J connectivity index is 2.11. The van der Waals surface area contributed by atoms with Crippen molar-refractivity contribution in [3.63, 3.8) is 0 Å². The number of nitrogens with two attached hydrogens (primary N) is 1. The molecule has 19 heavy (non-hydrogen) atoms. The predicted octanol–water partition coefficient (Wildman–Crippen LogP) is 2.25. The van der Waals surface area contributed by atoms with Gasteiger partial charge in [0.25, 0.3) is 0 Å². The molecule has 4 unspecified atom stereocenters. The molecule has 4 atom stereocenters. The lowest BCUT2D eigenvalue weighted by atomic mass is 9.93. The van der Waals surface area contributed by atoms with E-state index in [0.717, 1.165) is 0 Å². The Kier molecular flexibility index (Phi) is 2.87. The zero-order chi connectivity index (χ0) is 13.7. The number of aromatic nitrogens is 4. The standard InChI is InChI=1S/C12H16ClN5O/c1-5-6(2)11(19-7(5)3)18-4-15-8-9(13)16-12(14)17-10(8)18/h4-7,11H,1-3H3,(H2,14,16,17). The molecule has 0 saturated carbocycles. The fourth-order valence-electron chi connectivity index (χ4n) is 2.56. The zero-order valence-corrected chi connectivity index (χ0v) is 11.8. The van der Waals surface area contributed by atoms with Crippen LogP contribution in [0.4, 0.5) is 5.95 Å². The van der Waals surface area contributed by atoms with Gasteiger partial charge in [-0.25, -0.2) is 4.98 Å². The van der Waals surface area contributed by atoms with Gasteiger partial charge in [0.05, 0.1) is 12.4 Å². The van der Waals surface area contributed by atoms with Crippen LogP contribution < -0.4 is 5.73 Å². The van der Waals surface area contributed by atoms with Gasteiger partial charge in [-0.2, -0.15) is 9.97 Å². The normalized spacial score (nSPS) is 31.2. The third-order valence-corrected chi connectivity index (χ3v) is 4.31. The molecular weight excluding hydrogens is 266 g/mol. The molecule has 0 aromatic carbocycles. The summed E-state index contributed by atoms with van der Waals surface area (Å²) >= 11 is 6.03. The van der Waals surface area contributed by atoms with E-state index in [2.05, 4.69) is 35.7 Å². The highest BCUT2D eigenvalue weighted by molar-refractivity contribution is 6.33. The lowest BCUT2D eigenvalue weighted by molar-refractivity contribution is -0.00234. The molecule has 0 amide bonds. The van der Waals surface area contributed by atoms with E-state index in [1.807, 2.05) is 4.57 Å². The second-order valence-electron chi connectivity index (χ2n) is 5.15. The first-order chi connectivity index (χ1) is 8.99. The molecule has 1 saturated heterocycles. The molecule has 102 valence electrons. The molecule has 3 rings (SSSR count). The summed E-state index contributed by atoms with van der Waals surface area (Å²) in [5, 5.41) is 0.271. The van der Waals surface area contributed by atoms with Crippen molar-refractivity contribution < 1.29 is 4.74 Å². The Bertz CT molecular complexity index is 628. The molecular formula is C12H16ClN5O. The van der Waals surface area contributed by atoms with Crippen LogP contribution in [0.15, 0.2) is 6.33 Å². The molecule has 1 aliphatic rings. The third kappa shape index (κ3) is 1.86. The number of hydrogen-bond acceptors (Lipinski definition) is 5. The summed E-state index contributed by atoms with van der Waals surface area (Å²) in [6.07, 6.45) is 1.80. The highest BCUT2D eigenvalue weighted by Crippen LogP contribution is 2.39. The molecule has 0 radical (unpaired) electrons. The van der Waals surface area contributed by atoms with Gasteiger partial charge in [0.15, 0.2) is 10.8 Å². The highest BCUT2D eigenvalue weighted by atomic mass is 35.5. The maximum absolute atomic E-state index is 6.03. The van der Waals surface area contributed by atoms with Crippen molar-refractivity contribution in [1.82, 2.24) is 19.5 Å². The van der Waals surface area contributed by atoms with Crippen LogP contribution in [-0.2, 0) is 4.74 Å². The lowest BCUT2D eigenvalue weighted by Gasteiger charge is -2.18. The van der Waals surface area contributed by atoms with Crippen LogP contribution in [0.1, 0.15) is 27.0 Å². The fourth-order valence-corrected chi connectivity index (χ4v) is 2.78. The van der Waals surface area contributed by atoms with Gasteiger partial charge >= 0.3 is 0 Å². The highest BCUT2D eigenvalue weighted by Gasteiger charge is 2.38. The number of ether oxygens (including phenoxy) is 1. The summed E-state index contributed by atoms with van der Waals surface area (Å²) in [6, 6.07) is 0. The molecule has 2 aromatic rings. The monoisotopic (exact) mass is 281 g/mol. The van der Waals surface area contributed by atoms with E-state index < -0.39 is 0 Å². The maximum atomic E-state index is 6.03. The van der Waals surface area contributed by atoms with Crippen molar-refractivity contribution in [3.8, 4) is 0 Å². The summed E-state index contributed by atoms with van der Waals surface area (Å²) < 4.78 is 7.89. The van der Waals surface area contributed by atoms with Crippen LogP contribution in [0.25, 0.3) is 11.2 Å². The SMILES string of the molecule is CC1OC(n2cnc3c(Cl)nc(N)nc32)C(C)C1C. The summed E-state index contributed by atoms with van der Waals surface area (Å²) in [7, 11) is 0. The van der Waals surface area contributed by atoms with E-state index in [0.29, 0.717) is 23.0 Å². The molecule has 1 fully saturated rings. The van der Waals surface area contributed by atoms with Crippen LogP contribution in [0.2, 0.25) is 5.15 Å². The average molecular weight is 282 g/mol. The maximum Gasteiger partial charge on any atom is 0.223 e. The van der Waals surface area contributed by atoms with Crippen LogP contribution in [0, 0.1) is 11.8 Å². The van der Waals surface area contributed by atoms with Gasteiger partial charge < -0.3 is 10.5 Å². The predicted molar refractivity (Wildman–Crippen MR) is 72.7 cm³/mol. The van der Waals surface area contributed by atoms with E-state index in [1.54, 1.807) is 6.33 Å². The average Bonchev–Trinajstić information content (AvgIpc) is 2.86. The number of halogens is 1. The largest absolute Gasteiger partial charge is 0.368 e. The van der Waals surface area contributed by atoms with Gasteiger partial charge in [-0.15, -0.1) is 0 Å². The van der Waals surface area contributed by atoms with Gasteiger partial charge in [-0.3, -0.25) is 4.57 Å². The Morgan fingerprint density at radius 2 is 2.00 bits per heavy atom. The molecule has 0 bridgehead atoms. The number of hydrogen-bond donors (Lipinski definition) is 1. The molecule has 7 heteroatoms. The van der Waals surface area contributed by atoms with Gasteiger partial charge in [-0.05, 0) is 12.8 Å². The summed E-state index contributed by atoms with van der Waals surface area (Å²) in [4.78, 5) is 12.4. The van der Waals surface area contributed by atoms with Crippen LogP contribution in [0.3, 0.4) is 0 Å². The minimum atomic E-state index is -0.0969. The number of anilines is 1. The van der Waals surface area contributed by atoms with Gasteiger partial charge in [0, 0.05) is 5.92 Å². The Hall–Kier alpha value is -1.40. The summed E-state index contributed by atoms with van der Waals surface area (Å²) in [5.41, 5.74) is 6.83. The fraction of sp³-hybridized carbons (Fsp3) is 0.583. The summed E-state index contributed by atoms with van der Waals surface area (Å²) in [6.45, 7) is 6.43. The molecule has 6 nitrogen and oxygen atoms in total. The number of rotatable bonds is 1. The topological polar surface area (TPSA) is 78.8 Å². The van der Waals surface area contributed by atoms with Crippen LogP contribution in [0.5, 0.6) is 0 Å². The number of nitrogens with zero attached hydrogens (tertiary/aromatic N) is 4. The molecule has 2 aromatic heterocycles. The van der Waals surface area contributed by atoms with Gasteiger partial charge in [0.1, 0.15) is 11.7 Å². The lowest BCUT2D eigenvalue weighted by Crippen LogP contribution is -2.15. The van der Waals surface area contributed by atoms with Crippen LogP contribution >= 0.6 is 11.6 Å². The van der Waals surface area contributed by atoms with Crippen molar-refractivity contribution in [2.75, 3.05) is 5.73 Å². The van der Waals surface area contributed by atoms with Crippen molar-refractivity contribution in [2.45, 2.75) is 33.1 Å². The summed E-state index contributed by atoms with van der Waals surface area (Å²) in [5.74, 6) is 0.977. The van der Waals surface area contributed by atoms with Crippen LogP contribution in [-0.4, -0.2) is 25.6 Å². The smallest absolute Gasteiger partial charge is 0.223 e. The first-order valence-corrected chi connectivity index (χ1v) is 6.68. The third-order valence-electron chi connectivity index (χ3n) is 4.04. The number of nitrogen functional groups attached to an aromatic ring is 1. The van der Waals surface area contributed by atoms with Gasteiger partial charge in [0.2, 0.25) is 5.95 Å². The van der Waals surface area contributed by atoms with E-state index >= 15 is 0 Å². The Morgan fingerprint density at radius 3 is 2.63 bits per heavy atom. The zero-order valence-electron chi connectivity index (χ0n) is 11.0. The number of fused-ring (bicyclic) bond motifs is 1. The molecule has 1 aliphatic heterocycles. The first kappa shape index (κ1) is 12.6. The van der Waals surface area contributed by atoms with Crippen molar-refractivity contribution in [3.05, 3.63) is 11.5 Å². The molecule has 3 heterocycles. The van der Waals surface area contributed by atoms with E-state index in [1.165, 1.54) is 0 Å². The second-order valence-corrected chi connectivity index (χ2v) is 5.50. The van der Waals surface area contributed by atoms with Crippen molar-refractivity contribution in [2.24, 2.45) is 11.8 Å². The van der Waals surface area contributed by atoms with E-state index in [4.69, 9.17) is 22.1 Å². The van der Waals surface area contributed by atoms with E-state index in [-0.39, 0.29) is 23.4 Å².